The van der Waals surface area contributed by atoms with Crippen molar-refractivity contribution in [1.29, 1.82) is 0 Å². The minimum atomic E-state index is -0.537. The van der Waals surface area contributed by atoms with E-state index in [9.17, 15) is 4.79 Å². The van der Waals surface area contributed by atoms with Gasteiger partial charge in [-0.2, -0.15) is 0 Å². The van der Waals surface area contributed by atoms with Crippen molar-refractivity contribution in [2.24, 2.45) is 0 Å². The molecule has 2 rings (SSSR count). The van der Waals surface area contributed by atoms with Crippen LogP contribution in [0.5, 0.6) is 0 Å². The highest BCUT2D eigenvalue weighted by atomic mass is 127. The molecular formula is C8H11IO4S. The Bertz CT molecular complexity index is 229. The van der Waals surface area contributed by atoms with Gasteiger partial charge in [0.15, 0.2) is 11.6 Å². The van der Waals surface area contributed by atoms with Crippen LogP contribution in [-0.2, 0) is 18.5 Å². The zero-order chi connectivity index (χ0) is 10.0. The molecule has 2 fully saturated rings. The summed E-state index contributed by atoms with van der Waals surface area (Å²) in [7, 11) is 1.19. The molecule has 1 heterocycles. The lowest BCUT2D eigenvalue weighted by Gasteiger charge is -2.34. The minimum Gasteiger partial charge on any atom is -0.347 e. The number of carbonyl (C=O) groups is 1. The highest BCUT2D eigenvalue weighted by Crippen LogP contribution is 2.37. The Kier molecular flexibility index (Phi) is 3.69. The number of Topliss-reactive ketones (excluding diaryl/α,β-unsaturated/α-hetero) is 1. The predicted octanol–water partition coefficient (Wildman–Crippen LogP) is 1.87. The van der Waals surface area contributed by atoms with Crippen LogP contribution in [0.4, 0.5) is 0 Å². The van der Waals surface area contributed by atoms with Crippen molar-refractivity contribution in [1.82, 2.24) is 0 Å². The number of rotatable bonds is 2. The molecule has 80 valence electrons. The van der Waals surface area contributed by atoms with Crippen molar-refractivity contribution >= 4 is 36.2 Å². The van der Waals surface area contributed by atoms with E-state index in [0.717, 1.165) is 0 Å². The first-order valence-electron chi connectivity index (χ1n) is 4.50. The Morgan fingerprint density at radius 3 is 2.86 bits per heavy atom. The Balaban J connectivity index is 2.00. The molecule has 1 aliphatic heterocycles. The summed E-state index contributed by atoms with van der Waals surface area (Å²) in [5, 5.41) is 0. The van der Waals surface area contributed by atoms with Gasteiger partial charge in [0.2, 0.25) is 0 Å². The zero-order valence-electron chi connectivity index (χ0n) is 7.53. The summed E-state index contributed by atoms with van der Waals surface area (Å²) in [5.41, 5.74) is 0. The molecule has 0 N–H and O–H groups in total. The summed E-state index contributed by atoms with van der Waals surface area (Å²) in [5.74, 6) is -0.385. The van der Waals surface area contributed by atoms with E-state index in [-0.39, 0.29) is 11.9 Å². The molecule has 0 aromatic carbocycles. The van der Waals surface area contributed by atoms with Gasteiger partial charge in [0.05, 0.1) is 22.4 Å². The van der Waals surface area contributed by atoms with Crippen LogP contribution in [0.15, 0.2) is 0 Å². The molecule has 1 saturated carbocycles. The number of carbonyl (C=O) groups excluding carboxylic acids is 1. The summed E-state index contributed by atoms with van der Waals surface area (Å²) in [6, 6.07) is 0. The van der Waals surface area contributed by atoms with Gasteiger partial charge in [-0.05, 0) is 0 Å². The average molecular weight is 330 g/mol. The lowest BCUT2D eigenvalue weighted by molar-refractivity contribution is -0.193. The Labute approximate surface area is 98.8 Å². The van der Waals surface area contributed by atoms with Gasteiger partial charge in [-0.3, -0.25) is 8.98 Å². The van der Waals surface area contributed by atoms with Crippen molar-refractivity contribution < 1.29 is 18.5 Å². The zero-order valence-corrected chi connectivity index (χ0v) is 10.5. The number of halogens is 1. The molecule has 1 unspecified atom stereocenters. The first kappa shape index (κ1) is 11.1. The normalized spacial score (nSPS) is 31.2. The van der Waals surface area contributed by atoms with E-state index < -0.39 is 5.79 Å². The summed E-state index contributed by atoms with van der Waals surface area (Å²) >= 11 is 2.01. The quantitative estimate of drug-likeness (QED) is 0.571. The Morgan fingerprint density at radius 2 is 2.21 bits per heavy atom. The van der Waals surface area contributed by atoms with Crippen LogP contribution >= 0.6 is 30.4 Å². The smallest absolute Gasteiger partial charge is 0.171 e. The molecule has 6 heteroatoms. The number of hydrogen-bond acceptors (Lipinski definition) is 5. The van der Waals surface area contributed by atoms with Crippen LogP contribution in [0.2, 0.25) is 0 Å². The fraction of sp³-hybridized carbons (Fsp3) is 0.875. The molecule has 2 aliphatic rings. The molecule has 0 aromatic rings. The van der Waals surface area contributed by atoms with Gasteiger partial charge < -0.3 is 9.47 Å². The van der Waals surface area contributed by atoms with E-state index in [4.69, 9.17) is 13.7 Å². The van der Waals surface area contributed by atoms with E-state index >= 15 is 0 Å². The lowest BCUT2D eigenvalue weighted by Crippen LogP contribution is -2.43. The van der Waals surface area contributed by atoms with Gasteiger partial charge in [-0.25, -0.2) is 0 Å². The second kappa shape index (κ2) is 4.65. The number of ketones is 1. The molecule has 1 spiro atoms. The third-order valence-electron chi connectivity index (χ3n) is 2.57. The molecule has 0 radical (unpaired) electrons. The highest BCUT2D eigenvalue weighted by molar-refractivity contribution is 14.2. The summed E-state index contributed by atoms with van der Waals surface area (Å²) in [4.78, 5) is 11.5. The van der Waals surface area contributed by atoms with Crippen LogP contribution in [0, 0.1) is 0 Å². The van der Waals surface area contributed by atoms with E-state index in [1.54, 1.807) is 0 Å². The Hall–Kier alpha value is 0.630. The molecule has 1 aliphatic carbocycles. The predicted molar refractivity (Wildman–Crippen MR) is 60.0 cm³/mol. The first-order valence-corrected chi connectivity index (χ1v) is 7.79. The van der Waals surface area contributed by atoms with Gasteiger partial charge in [0, 0.05) is 40.5 Å². The van der Waals surface area contributed by atoms with Crippen LogP contribution in [-0.4, -0.2) is 30.9 Å². The van der Waals surface area contributed by atoms with Crippen molar-refractivity contribution in [2.75, 3.05) is 13.2 Å². The van der Waals surface area contributed by atoms with Crippen LogP contribution in [0.1, 0.15) is 19.3 Å². The van der Waals surface area contributed by atoms with Crippen molar-refractivity contribution in [3.8, 4) is 0 Å². The second-order valence-corrected chi connectivity index (χ2v) is 4.82. The molecule has 14 heavy (non-hydrogen) atoms. The van der Waals surface area contributed by atoms with Gasteiger partial charge in [0.25, 0.3) is 0 Å². The largest absolute Gasteiger partial charge is 0.347 e. The standard InChI is InChI=1S/C8H11IO4S/c9-14-13-7-5-8(2-1-6(7)10)11-3-4-12-8/h7H,1-5H2. The fourth-order valence-electron chi connectivity index (χ4n) is 1.86. The summed E-state index contributed by atoms with van der Waals surface area (Å²) in [6.45, 7) is 1.25. The number of hydrogen-bond donors (Lipinski definition) is 0. The monoisotopic (exact) mass is 330 g/mol. The maximum Gasteiger partial charge on any atom is 0.171 e. The van der Waals surface area contributed by atoms with Gasteiger partial charge >= 0.3 is 0 Å². The molecule has 0 amide bonds. The second-order valence-electron chi connectivity index (χ2n) is 3.43. The van der Waals surface area contributed by atoms with Crippen molar-refractivity contribution in [3.05, 3.63) is 0 Å². The fourth-order valence-corrected chi connectivity index (χ4v) is 2.88. The molecule has 4 nitrogen and oxygen atoms in total. The SMILES string of the molecule is O=C1CCC2(CC1OSI)OCCO2. The third kappa shape index (κ3) is 2.24. The summed E-state index contributed by atoms with van der Waals surface area (Å²) < 4.78 is 16.4. The minimum absolute atomic E-state index is 0.152. The average Bonchev–Trinajstić information content (AvgIpc) is 2.61. The van der Waals surface area contributed by atoms with Crippen molar-refractivity contribution in [2.45, 2.75) is 31.2 Å². The maximum atomic E-state index is 11.5. The molecule has 0 aromatic heterocycles. The number of ether oxygens (including phenoxy) is 2. The van der Waals surface area contributed by atoms with E-state index in [1.165, 1.54) is 9.21 Å². The first-order chi connectivity index (χ1) is 6.76. The third-order valence-corrected chi connectivity index (χ3v) is 3.50. The Morgan fingerprint density at radius 1 is 1.50 bits per heavy atom. The van der Waals surface area contributed by atoms with Crippen LogP contribution in [0.25, 0.3) is 0 Å². The van der Waals surface area contributed by atoms with E-state index in [0.29, 0.717) is 32.5 Å². The van der Waals surface area contributed by atoms with Gasteiger partial charge in [0.1, 0.15) is 6.10 Å². The highest BCUT2D eigenvalue weighted by Gasteiger charge is 2.45. The summed E-state index contributed by atoms with van der Waals surface area (Å²) in [6.07, 6.45) is 1.31. The van der Waals surface area contributed by atoms with Gasteiger partial charge in [-0.15, -0.1) is 0 Å². The van der Waals surface area contributed by atoms with Crippen molar-refractivity contribution in [3.63, 3.8) is 0 Å². The topological polar surface area (TPSA) is 44.8 Å². The van der Waals surface area contributed by atoms with Crippen LogP contribution < -0.4 is 0 Å². The van der Waals surface area contributed by atoms with Gasteiger partial charge in [-0.1, -0.05) is 0 Å². The van der Waals surface area contributed by atoms with E-state index in [1.807, 2.05) is 21.2 Å². The lowest BCUT2D eigenvalue weighted by atomic mass is 9.91. The molecule has 1 saturated heterocycles. The molecule has 1 atom stereocenters. The van der Waals surface area contributed by atoms with Crippen LogP contribution in [0.3, 0.4) is 0 Å². The maximum absolute atomic E-state index is 11.5. The van der Waals surface area contributed by atoms with E-state index in [2.05, 4.69) is 0 Å². The molecule has 0 bridgehead atoms. The molecular weight excluding hydrogens is 319 g/mol.